The number of allylic oxidation sites excluding steroid dienone is 1. The van der Waals surface area contributed by atoms with Gasteiger partial charge in [-0.05, 0) is 38.7 Å². The second-order valence-corrected chi connectivity index (χ2v) is 4.32. The fraction of sp³-hybridized carbons (Fsp3) is 0.643. The number of esters is 1. The summed E-state index contributed by atoms with van der Waals surface area (Å²) in [4.78, 5) is 11.3. The molecule has 0 unspecified atom stereocenters. The Labute approximate surface area is 109 Å². The lowest BCUT2D eigenvalue weighted by molar-refractivity contribution is -0.138. The maximum Gasteiger partial charge on any atom is 0.338 e. The monoisotopic (exact) mass is 254 g/mol. The molecule has 1 aliphatic rings. The van der Waals surface area contributed by atoms with Crippen molar-refractivity contribution in [3.63, 3.8) is 0 Å². The van der Waals surface area contributed by atoms with Crippen molar-refractivity contribution >= 4 is 5.97 Å². The van der Waals surface area contributed by atoms with Crippen molar-refractivity contribution in [2.24, 2.45) is 0 Å². The van der Waals surface area contributed by atoms with Crippen molar-refractivity contribution in [1.82, 2.24) is 0 Å². The number of cyclic esters (lactones) is 1. The number of methoxy groups -OCH3 is 2. The first-order valence-electron chi connectivity index (χ1n) is 6.32. The molecule has 0 amide bonds. The molecule has 0 saturated heterocycles. The highest BCUT2D eigenvalue weighted by Crippen LogP contribution is 2.15. The van der Waals surface area contributed by atoms with Crippen molar-refractivity contribution < 1.29 is 19.0 Å². The fourth-order valence-electron chi connectivity index (χ4n) is 1.83. The average molecular weight is 254 g/mol. The summed E-state index contributed by atoms with van der Waals surface area (Å²) >= 11 is 0. The van der Waals surface area contributed by atoms with Gasteiger partial charge in [0.15, 0.2) is 6.29 Å². The van der Waals surface area contributed by atoms with E-state index in [1.54, 1.807) is 14.2 Å². The molecule has 0 radical (unpaired) electrons. The van der Waals surface area contributed by atoms with E-state index < -0.39 is 0 Å². The summed E-state index contributed by atoms with van der Waals surface area (Å²) in [5, 5.41) is 0. The van der Waals surface area contributed by atoms with Crippen molar-refractivity contribution in [2.45, 2.75) is 45.0 Å². The van der Waals surface area contributed by atoms with E-state index in [9.17, 15) is 4.79 Å². The van der Waals surface area contributed by atoms with Crippen LogP contribution < -0.4 is 0 Å². The Morgan fingerprint density at radius 3 is 2.67 bits per heavy atom. The van der Waals surface area contributed by atoms with Crippen LogP contribution in [0.15, 0.2) is 23.8 Å². The maximum atomic E-state index is 11.3. The van der Waals surface area contributed by atoms with E-state index in [4.69, 9.17) is 14.2 Å². The summed E-state index contributed by atoms with van der Waals surface area (Å²) in [7, 11) is 3.29. The molecule has 4 heteroatoms. The molecule has 4 nitrogen and oxygen atoms in total. The van der Waals surface area contributed by atoms with Crippen LogP contribution in [0.25, 0.3) is 0 Å². The Morgan fingerprint density at radius 2 is 2.11 bits per heavy atom. The van der Waals surface area contributed by atoms with Crippen molar-refractivity contribution in [3.05, 3.63) is 23.8 Å². The van der Waals surface area contributed by atoms with E-state index in [1.165, 1.54) is 0 Å². The standard InChI is InChI=1S/C14H22O4/c1-11-10-12(14(15)18-11)8-6-4-5-7-9-13(16-2)17-3/h6,8,10-11,13H,4-5,7,9H2,1-3H3/b8-6+/t11-/m0/s1. The smallest absolute Gasteiger partial charge is 0.338 e. The highest BCUT2D eigenvalue weighted by molar-refractivity contribution is 5.93. The van der Waals surface area contributed by atoms with Crippen LogP contribution in [-0.4, -0.2) is 32.6 Å². The summed E-state index contributed by atoms with van der Waals surface area (Å²) in [6.45, 7) is 1.86. The largest absolute Gasteiger partial charge is 0.455 e. The average Bonchev–Trinajstić information content (AvgIpc) is 2.67. The molecule has 0 N–H and O–H groups in total. The van der Waals surface area contributed by atoms with Gasteiger partial charge in [0.05, 0.1) is 5.57 Å². The number of unbranched alkanes of at least 4 members (excludes halogenated alkanes) is 2. The number of hydrogen-bond donors (Lipinski definition) is 0. The van der Waals surface area contributed by atoms with Crippen molar-refractivity contribution in [2.75, 3.05) is 14.2 Å². The van der Waals surface area contributed by atoms with Gasteiger partial charge in [-0.15, -0.1) is 0 Å². The lowest BCUT2D eigenvalue weighted by atomic mass is 10.1. The molecule has 0 aromatic heterocycles. The Hall–Kier alpha value is -1.13. The van der Waals surface area contributed by atoms with Gasteiger partial charge in [0.2, 0.25) is 0 Å². The SMILES string of the molecule is COC(CCCC/C=C/C1=C[C@H](C)OC1=O)OC. The molecule has 0 fully saturated rings. The van der Waals surface area contributed by atoms with Crippen LogP contribution in [-0.2, 0) is 19.0 Å². The highest BCUT2D eigenvalue weighted by Gasteiger charge is 2.19. The molecule has 0 spiro atoms. The topological polar surface area (TPSA) is 44.8 Å². The van der Waals surface area contributed by atoms with Crippen LogP contribution in [0.3, 0.4) is 0 Å². The van der Waals surface area contributed by atoms with Gasteiger partial charge in [0.1, 0.15) is 6.10 Å². The predicted octanol–water partition coefficient (Wildman–Crippen LogP) is 2.59. The molecule has 0 bridgehead atoms. The summed E-state index contributed by atoms with van der Waals surface area (Å²) in [6.07, 6.45) is 9.42. The highest BCUT2D eigenvalue weighted by atomic mass is 16.7. The molecular weight excluding hydrogens is 232 g/mol. The Balaban J connectivity index is 2.14. The number of carbonyl (C=O) groups is 1. The van der Waals surface area contributed by atoms with Crippen LogP contribution in [0.2, 0.25) is 0 Å². The molecule has 102 valence electrons. The van der Waals surface area contributed by atoms with E-state index in [1.807, 2.05) is 25.2 Å². The van der Waals surface area contributed by atoms with Crippen LogP contribution >= 0.6 is 0 Å². The molecule has 0 aromatic rings. The Kier molecular flexibility index (Phi) is 6.68. The third-order valence-electron chi connectivity index (χ3n) is 2.83. The minimum Gasteiger partial charge on any atom is -0.455 e. The predicted molar refractivity (Wildman–Crippen MR) is 69.1 cm³/mol. The van der Waals surface area contributed by atoms with Crippen LogP contribution in [0.1, 0.15) is 32.6 Å². The minimum atomic E-state index is -0.224. The number of rotatable bonds is 8. The molecule has 18 heavy (non-hydrogen) atoms. The lowest BCUT2D eigenvalue weighted by Gasteiger charge is -2.11. The molecule has 1 heterocycles. The van der Waals surface area contributed by atoms with E-state index in [0.29, 0.717) is 5.57 Å². The van der Waals surface area contributed by atoms with Gasteiger partial charge in [0, 0.05) is 14.2 Å². The molecule has 1 aliphatic heterocycles. The third kappa shape index (κ3) is 5.02. The van der Waals surface area contributed by atoms with Crippen LogP contribution in [0.5, 0.6) is 0 Å². The van der Waals surface area contributed by atoms with Crippen LogP contribution in [0, 0.1) is 0 Å². The van der Waals surface area contributed by atoms with Gasteiger partial charge < -0.3 is 14.2 Å². The van der Waals surface area contributed by atoms with Crippen molar-refractivity contribution in [1.29, 1.82) is 0 Å². The molecular formula is C14H22O4. The summed E-state index contributed by atoms with van der Waals surface area (Å²) in [5.41, 5.74) is 0.661. The van der Waals surface area contributed by atoms with Crippen LogP contribution in [0.4, 0.5) is 0 Å². The number of carbonyl (C=O) groups excluding carboxylic acids is 1. The Morgan fingerprint density at radius 1 is 1.39 bits per heavy atom. The summed E-state index contributed by atoms with van der Waals surface area (Å²) in [5.74, 6) is -0.224. The first kappa shape index (κ1) is 14.9. The van der Waals surface area contributed by atoms with E-state index in [-0.39, 0.29) is 18.4 Å². The maximum absolute atomic E-state index is 11.3. The van der Waals surface area contributed by atoms with Gasteiger partial charge in [-0.3, -0.25) is 0 Å². The first-order valence-corrected chi connectivity index (χ1v) is 6.32. The Bertz CT molecular complexity index is 316. The fourth-order valence-corrected chi connectivity index (χ4v) is 1.83. The quantitative estimate of drug-likeness (QED) is 0.379. The van der Waals surface area contributed by atoms with Crippen molar-refractivity contribution in [3.8, 4) is 0 Å². The minimum absolute atomic E-state index is 0.0960. The van der Waals surface area contributed by atoms with Gasteiger partial charge >= 0.3 is 5.97 Å². The zero-order valence-electron chi connectivity index (χ0n) is 11.3. The van der Waals surface area contributed by atoms with Gasteiger partial charge in [-0.25, -0.2) is 4.79 Å². The third-order valence-corrected chi connectivity index (χ3v) is 2.83. The second-order valence-electron chi connectivity index (χ2n) is 4.32. The van der Waals surface area contributed by atoms with E-state index in [0.717, 1.165) is 25.7 Å². The molecule has 1 atom stereocenters. The zero-order chi connectivity index (χ0) is 13.4. The normalized spacial score (nSPS) is 19.7. The van der Waals surface area contributed by atoms with Gasteiger partial charge in [0.25, 0.3) is 0 Å². The first-order chi connectivity index (χ1) is 8.67. The van der Waals surface area contributed by atoms with E-state index >= 15 is 0 Å². The number of hydrogen-bond acceptors (Lipinski definition) is 4. The van der Waals surface area contributed by atoms with Gasteiger partial charge in [-0.2, -0.15) is 0 Å². The van der Waals surface area contributed by atoms with E-state index in [2.05, 4.69) is 0 Å². The molecule has 0 aromatic carbocycles. The van der Waals surface area contributed by atoms with Gasteiger partial charge in [-0.1, -0.05) is 12.2 Å². The second kappa shape index (κ2) is 8.06. The molecule has 0 saturated carbocycles. The lowest BCUT2D eigenvalue weighted by Crippen LogP contribution is -2.12. The summed E-state index contributed by atoms with van der Waals surface area (Å²) in [6, 6.07) is 0. The molecule has 1 rings (SSSR count). The molecule has 0 aliphatic carbocycles. The summed E-state index contributed by atoms with van der Waals surface area (Å²) < 4.78 is 15.2. The zero-order valence-corrected chi connectivity index (χ0v) is 11.3. The number of ether oxygens (including phenoxy) is 3.